The number of rotatable bonds is 4. The van der Waals surface area contributed by atoms with E-state index in [1.54, 1.807) is 6.92 Å². The summed E-state index contributed by atoms with van der Waals surface area (Å²) in [6.07, 6.45) is 0. The maximum Gasteiger partial charge on any atom is 0.238 e. The lowest BCUT2D eigenvalue weighted by atomic mass is 10.2. The van der Waals surface area contributed by atoms with Gasteiger partial charge in [-0.15, -0.1) is 0 Å². The molecule has 2 N–H and O–H groups in total. The lowest BCUT2D eigenvalue weighted by Gasteiger charge is -2.11. The van der Waals surface area contributed by atoms with Crippen molar-refractivity contribution in [2.24, 2.45) is 5.14 Å². The maximum atomic E-state index is 13.6. The molecule has 0 amide bonds. The zero-order chi connectivity index (χ0) is 15.6. The summed E-state index contributed by atoms with van der Waals surface area (Å²) in [6, 6.07) is 8.41. The second kappa shape index (κ2) is 6.01. The number of primary sulfonamides is 1. The highest BCUT2D eigenvalue weighted by atomic mass is 35.5. The van der Waals surface area contributed by atoms with Crippen LogP contribution in [0.3, 0.4) is 0 Å². The molecule has 0 saturated heterocycles. The minimum atomic E-state index is -3.75. The van der Waals surface area contributed by atoms with Crippen LogP contribution in [0.25, 0.3) is 0 Å². The predicted molar refractivity (Wildman–Crippen MR) is 78.3 cm³/mol. The number of sulfonamides is 1. The van der Waals surface area contributed by atoms with E-state index in [0.29, 0.717) is 21.9 Å². The van der Waals surface area contributed by atoms with Crippen molar-refractivity contribution in [1.82, 2.24) is 0 Å². The molecule has 4 nitrogen and oxygen atoms in total. The number of aryl methyl sites for hydroxylation is 1. The van der Waals surface area contributed by atoms with Gasteiger partial charge < -0.3 is 4.74 Å². The molecule has 112 valence electrons. The summed E-state index contributed by atoms with van der Waals surface area (Å²) in [5.74, 6) is 0.0278. The zero-order valence-electron chi connectivity index (χ0n) is 11.1. The van der Waals surface area contributed by atoms with E-state index < -0.39 is 15.8 Å². The van der Waals surface area contributed by atoms with Crippen LogP contribution in [0.1, 0.15) is 11.1 Å². The first-order valence-corrected chi connectivity index (χ1v) is 7.90. The Morgan fingerprint density at radius 1 is 1.24 bits per heavy atom. The molecule has 0 spiro atoms. The monoisotopic (exact) mass is 329 g/mol. The molecule has 0 aromatic heterocycles. The first kappa shape index (κ1) is 15.8. The van der Waals surface area contributed by atoms with Gasteiger partial charge in [-0.2, -0.15) is 0 Å². The van der Waals surface area contributed by atoms with Crippen molar-refractivity contribution in [3.05, 3.63) is 58.4 Å². The second-order valence-corrected chi connectivity index (χ2v) is 6.49. The molecular weight excluding hydrogens is 317 g/mol. The highest BCUT2D eigenvalue weighted by Gasteiger charge is 2.11. The molecule has 0 aliphatic heterocycles. The van der Waals surface area contributed by atoms with Crippen molar-refractivity contribution in [1.29, 1.82) is 0 Å². The Bertz CT molecular complexity index is 778. The zero-order valence-corrected chi connectivity index (χ0v) is 12.7. The lowest BCUT2D eigenvalue weighted by Crippen LogP contribution is -2.12. The molecule has 0 atom stereocenters. The van der Waals surface area contributed by atoms with Crippen LogP contribution in [0.15, 0.2) is 41.3 Å². The summed E-state index contributed by atoms with van der Waals surface area (Å²) >= 11 is 5.80. The van der Waals surface area contributed by atoms with Gasteiger partial charge >= 0.3 is 0 Å². The first-order chi connectivity index (χ1) is 9.77. The van der Waals surface area contributed by atoms with Gasteiger partial charge in [-0.05, 0) is 48.9 Å². The summed E-state index contributed by atoms with van der Waals surface area (Å²) in [6.45, 7) is 1.67. The van der Waals surface area contributed by atoms with E-state index in [1.165, 1.54) is 36.4 Å². The van der Waals surface area contributed by atoms with Crippen molar-refractivity contribution < 1.29 is 17.5 Å². The third kappa shape index (κ3) is 3.93. The van der Waals surface area contributed by atoms with Crippen molar-refractivity contribution in [3.8, 4) is 5.75 Å². The van der Waals surface area contributed by atoms with E-state index in [9.17, 15) is 12.8 Å². The Labute approximate surface area is 127 Å². The molecule has 0 aliphatic carbocycles. The summed E-state index contributed by atoms with van der Waals surface area (Å²) < 4.78 is 41.5. The second-order valence-electron chi connectivity index (χ2n) is 4.50. The fraction of sp³-hybridized carbons (Fsp3) is 0.143. The van der Waals surface area contributed by atoms with Gasteiger partial charge in [-0.3, -0.25) is 0 Å². The first-order valence-electron chi connectivity index (χ1n) is 5.97. The Morgan fingerprint density at radius 2 is 1.95 bits per heavy atom. The number of hydrogen-bond donors (Lipinski definition) is 1. The molecule has 21 heavy (non-hydrogen) atoms. The van der Waals surface area contributed by atoms with Crippen LogP contribution in [0, 0.1) is 12.7 Å². The number of halogens is 2. The molecule has 2 aromatic rings. The molecule has 0 saturated carbocycles. The smallest absolute Gasteiger partial charge is 0.238 e. The number of benzene rings is 2. The van der Waals surface area contributed by atoms with E-state index in [4.69, 9.17) is 21.5 Å². The summed E-state index contributed by atoms with van der Waals surface area (Å²) in [5.41, 5.74) is 0.904. The fourth-order valence-electron chi connectivity index (χ4n) is 1.77. The van der Waals surface area contributed by atoms with Crippen LogP contribution in [0.4, 0.5) is 4.39 Å². The highest BCUT2D eigenvalue weighted by molar-refractivity contribution is 7.89. The number of hydrogen-bond acceptors (Lipinski definition) is 3. The van der Waals surface area contributed by atoms with E-state index in [0.717, 1.165) is 0 Å². The molecule has 2 rings (SSSR count). The predicted octanol–water partition coefficient (Wildman–Crippen LogP) is 3.01. The maximum absolute atomic E-state index is 13.6. The summed E-state index contributed by atoms with van der Waals surface area (Å²) in [4.78, 5) is 0.00119. The van der Waals surface area contributed by atoms with E-state index in [2.05, 4.69) is 0 Å². The normalized spacial score (nSPS) is 11.4. The molecular formula is C14H13ClFNO3S. The number of ether oxygens (including phenoxy) is 1. The van der Waals surface area contributed by atoms with Crippen molar-refractivity contribution in [2.45, 2.75) is 18.4 Å². The lowest BCUT2D eigenvalue weighted by molar-refractivity contribution is 0.297. The molecule has 0 unspecified atom stereocenters. The summed E-state index contributed by atoms with van der Waals surface area (Å²) in [5, 5.41) is 5.46. The van der Waals surface area contributed by atoms with E-state index >= 15 is 0 Å². The van der Waals surface area contributed by atoms with E-state index in [1.807, 2.05) is 0 Å². The van der Waals surface area contributed by atoms with Crippen LogP contribution < -0.4 is 9.88 Å². The minimum Gasteiger partial charge on any atom is -0.489 e. The Hall–Kier alpha value is -1.63. The van der Waals surface area contributed by atoms with Crippen LogP contribution in [0.2, 0.25) is 5.02 Å². The van der Waals surface area contributed by atoms with Gasteiger partial charge in [0.05, 0.1) is 4.90 Å². The standard InChI is InChI=1S/C14H13ClFNO3S/c1-9-6-12(21(17,18)19)3-5-14(9)20-8-10-7-11(15)2-4-13(10)16/h2-7H,8H2,1H3,(H2,17,18,19). The fourth-order valence-corrected chi connectivity index (χ4v) is 2.56. The molecule has 0 radical (unpaired) electrons. The van der Waals surface area contributed by atoms with Gasteiger partial charge in [0, 0.05) is 10.6 Å². The molecule has 0 heterocycles. The molecule has 0 fully saturated rings. The Morgan fingerprint density at radius 3 is 2.57 bits per heavy atom. The largest absolute Gasteiger partial charge is 0.489 e. The van der Waals surface area contributed by atoms with Gasteiger partial charge in [0.15, 0.2) is 0 Å². The SMILES string of the molecule is Cc1cc(S(N)(=O)=O)ccc1OCc1cc(Cl)ccc1F. The Balaban J connectivity index is 2.19. The van der Waals surface area contributed by atoms with Crippen LogP contribution in [-0.4, -0.2) is 8.42 Å². The van der Waals surface area contributed by atoms with Gasteiger partial charge in [0.25, 0.3) is 0 Å². The average Bonchev–Trinajstić information content (AvgIpc) is 2.40. The van der Waals surface area contributed by atoms with Crippen LogP contribution >= 0.6 is 11.6 Å². The molecule has 7 heteroatoms. The summed E-state index contributed by atoms with van der Waals surface area (Å²) in [7, 11) is -3.75. The highest BCUT2D eigenvalue weighted by Crippen LogP contribution is 2.23. The molecule has 2 aromatic carbocycles. The Kier molecular flexibility index (Phi) is 4.51. The van der Waals surface area contributed by atoms with Gasteiger partial charge in [0.2, 0.25) is 10.0 Å². The van der Waals surface area contributed by atoms with Gasteiger partial charge in [-0.25, -0.2) is 17.9 Å². The molecule has 0 aliphatic rings. The van der Waals surface area contributed by atoms with Crippen LogP contribution in [0.5, 0.6) is 5.75 Å². The number of nitrogens with two attached hydrogens (primary N) is 1. The third-order valence-corrected chi connectivity index (χ3v) is 4.01. The van der Waals surface area contributed by atoms with E-state index in [-0.39, 0.29) is 11.5 Å². The van der Waals surface area contributed by atoms with Crippen molar-refractivity contribution >= 4 is 21.6 Å². The van der Waals surface area contributed by atoms with Crippen LogP contribution in [-0.2, 0) is 16.6 Å². The minimum absolute atomic E-state index is 0.00119. The molecule has 0 bridgehead atoms. The quantitative estimate of drug-likeness (QED) is 0.937. The third-order valence-electron chi connectivity index (χ3n) is 2.87. The van der Waals surface area contributed by atoms with Gasteiger partial charge in [0.1, 0.15) is 18.2 Å². The van der Waals surface area contributed by atoms with Crippen molar-refractivity contribution in [2.75, 3.05) is 0 Å². The topological polar surface area (TPSA) is 69.4 Å². The van der Waals surface area contributed by atoms with Crippen molar-refractivity contribution in [3.63, 3.8) is 0 Å². The average molecular weight is 330 g/mol. The van der Waals surface area contributed by atoms with Gasteiger partial charge in [-0.1, -0.05) is 11.6 Å².